The first-order chi connectivity index (χ1) is 9.58. The minimum atomic E-state index is -1.06. The molecule has 1 aromatic carbocycles. The summed E-state index contributed by atoms with van der Waals surface area (Å²) in [5.74, 6) is -0.412. The van der Waals surface area contributed by atoms with Gasteiger partial charge in [-0.15, -0.1) is 0 Å². The quantitative estimate of drug-likeness (QED) is 0.878. The number of carbonyl (C=O) groups excluding carboxylic acids is 1. The van der Waals surface area contributed by atoms with Gasteiger partial charge in [-0.05, 0) is 25.1 Å². The molecule has 2 aromatic rings. The van der Waals surface area contributed by atoms with E-state index in [0.29, 0.717) is 16.3 Å². The van der Waals surface area contributed by atoms with Gasteiger partial charge in [0.1, 0.15) is 0 Å². The Labute approximate surface area is 122 Å². The Hall–Kier alpha value is -2.07. The molecular weight excluding hydrogens is 276 g/mol. The van der Waals surface area contributed by atoms with E-state index < -0.39 is 11.5 Å². The van der Waals surface area contributed by atoms with E-state index in [1.807, 2.05) is 18.2 Å². The first-order valence-electron chi connectivity index (χ1n) is 6.09. The Bertz CT molecular complexity index is 604. The number of nitrogens with one attached hydrogen (secondary N) is 1. The first kappa shape index (κ1) is 14.3. The molecule has 5 heteroatoms. The smallest absolute Gasteiger partial charge is 0.335 e. The lowest BCUT2D eigenvalue weighted by molar-refractivity contribution is -0.145. The molecule has 0 saturated heterocycles. The molecular formula is C15H15ClN2O2. The van der Waals surface area contributed by atoms with Gasteiger partial charge in [0.15, 0.2) is 5.54 Å². The molecule has 104 valence electrons. The molecule has 0 aliphatic heterocycles. The summed E-state index contributed by atoms with van der Waals surface area (Å²) in [4.78, 5) is 16.2. The number of anilines is 1. The lowest BCUT2D eigenvalue weighted by atomic mass is 9.93. The fourth-order valence-electron chi connectivity index (χ4n) is 1.94. The highest BCUT2D eigenvalue weighted by molar-refractivity contribution is 6.33. The van der Waals surface area contributed by atoms with E-state index in [9.17, 15) is 4.79 Å². The fourth-order valence-corrected chi connectivity index (χ4v) is 2.12. The summed E-state index contributed by atoms with van der Waals surface area (Å²) in [5, 5.41) is 3.68. The van der Waals surface area contributed by atoms with Crippen LogP contribution in [0.15, 0.2) is 48.8 Å². The number of ether oxygens (including phenoxy) is 1. The molecule has 0 spiro atoms. The zero-order valence-corrected chi connectivity index (χ0v) is 12.0. The maximum absolute atomic E-state index is 12.2. The standard InChI is InChI=1S/C15H15ClN2O2/c1-15(14(19)20-2,11-6-5-9-17-10-11)18-13-8-4-3-7-12(13)16/h3-10,18H,1-2H3. The Balaban J connectivity index is 2.44. The molecule has 0 radical (unpaired) electrons. The second kappa shape index (κ2) is 5.92. The number of esters is 1. The number of aromatic nitrogens is 1. The third-order valence-corrected chi connectivity index (χ3v) is 3.42. The van der Waals surface area contributed by atoms with Crippen molar-refractivity contribution < 1.29 is 9.53 Å². The van der Waals surface area contributed by atoms with E-state index in [-0.39, 0.29) is 0 Å². The number of nitrogens with zero attached hydrogens (tertiary/aromatic N) is 1. The van der Waals surface area contributed by atoms with Gasteiger partial charge in [0.2, 0.25) is 0 Å². The van der Waals surface area contributed by atoms with E-state index in [4.69, 9.17) is 16.3 Å². The molecule has 0 saturated carbocycles. The number of carbonyl (C=O) groups is 1. The lowest BCUT2D eigenvalue weighted by Crippen LogP contribution is -2.41. The number of halogens is 1. The van der Waals surface area contributed by atoms with Crippen molar-refractivity contribution in [2.24, 2.45) is 0 Å². The third kappa shape index (κ3) is 2.75. The van der Waals surface area contributed by atoms with Gasteiger partial charge in [0.05, 0.1) is 17.8 Å². The predicted molar refractivity (Wildman–Crippen MR) is 78.7 cm³/mol. The molecule has 0 amide bonds. The Morgan fingerprint density at radius 3 is 2.65 bits per heavy atom. The maximum atomic E-state index is 12.2. The van der Waals surface area contributed by atoms with Crippen molar-refractivity contribution >= 4 is 23.3 Å². The molecule has 0 aliphatic rings. The summed E-state index contributed by atoms with van der Waals surface area (Å²) >= 11 is 6.14. The Morgan fingerprint density at radius 2 is 2.05 bits per heavy atom. The first-order valence-corrected chi connectivity index (χ1v) is 6.47. The second-order valence-electron chi connectivity index (χ2n) is 4.46. The number of hydrogen-bond donors (Lipinski definition) is 1. The molecule has 1 atom stereocenters. The second-order valence-corrected chi connectivity index (χ2v) is 4.87. The molecule has 1 unspecified atom stereocenters. The van der Waals surface area contributed by atoms with Gasteiger partial charge in [-0.3, -0.25) is 4.98 Å². The number of benzene rings is 1. The molecule has 2 rings (SSSR count). The van der Waals surface area contributed by atoms with Crippen LogP contribution in [-0.4, -0.2) is 18.1 Å². The van der Waals surface area contributed by atoms with Crippen LogP contribution in [0.4, 0.5) is 5.69 Å². The average Bonchev–Trinajstić information content (AvgIpc) is 2.49. The minimum Gasteiger partial charge on any atom is -0.467 e. The van der Waals surface area contributed by atoms with Gasteiger partial charge >= 0.3 is 5.97 Å². The normalized spacial score (nSPS) is 13.3. The molecule has 0 aliphatic carbocycles. The van der Waals surface area contributed by atoms with Gasteiger partial charge in [0.25, 0.3) is 0 Å². The van der Waals surface area contributed by atoms with E-state index >= 15 is 0 Å². The van der Waals surface area contributed by atoms with E-state index in [0.717, 1.165) is 0 Å². The average molecular weight is 291 g/mol. The Kier molecular flexibility index (Phi) is 4.25. The SMILES string of the molecule is COC(=O)C(C)(Nc1ccccc1Cl)c1cccnc1. The van der Waals surface area contributed by atoms with Crippen LogP contribution in [0.2, 0.25) is 5.02 Å². The summed E-state index contributed by atoms with van der Waals surface area (Å²) in [6.45, 7) is 1.74. The zero-order valence-electron chi connectivity index (χ0n) is 11.3. The maximum Gasteiger partial charge on any atom is 0.335 e. The fraction of sp³-hybridized carbons (Fsp3) is 0.200. The zero-order chi connectivity index (χ0) is 14.6. The van der Waals surface area contributed by atoms with Crippen LogP contribution >= 0.6 is 11.6 Å². The van der Waals surface area contributed by atoms with Crippen molar-refractivity contribution in [3.8, 4) is 0 Å². The van der Waals surface area contributed by atoms with Crippen LogP contribution in [0.5, 0.6) is 0 Å². The van der Waals surface area contributed by atoms with E-state index in [2.05, 4.69) is 10.3 Å². The molecule has 1 aromatic heterocycles. The van der Waals surface area contributed by atoms with Gasteiger partial charge in [-0.1, -0.05) is 29.8 Å². The predicted octanol–water partition coefficient (Wildman–Crippen LogP) is 3.24. The van der Waals surface area contributed by atoms with Crippen LogP contribution in [0.25, 0.3) is 0 Å². The highest BCUT2D eigenvalue weighted by Gasteiger charge is 2.37. The van der Waals surface area contributed by atoms with Gasteiger partial charge < -0.3 is 10.1 Å². The van der Waals surface area contributed by atoms with Crippen LogP contribution in [0.3, 0.4) is 0 Å². The van der Waals surface area contributed by atoms with Crippen molar-refractivity contribution in [1.29, 1.82) is 0 Å². The van der Waals surface area contributed by atoms with Crippen molar-refractivity contribution in [2.75, 3.05) is 12.4 Å². The monoisotopic (exact) mass is 290 g/mol. The van der Waals surface area contributed by atoms with Crippen molar-refractivity contribution in [2.45, 2.75) is 12.5 Å². The highest BCUT2D eigenvalue weighted by atomic mass is 35.5. The number of para-hydroxylation sites is 1. The topological polar surface area (TPSA) is 51.2 Å². The molecule has 20 heavy (non-hydrogen) atoms. The lowest BCUT2D eigenvalue weighted by Gasteiger charge is -2.29. The van der Waals surface area contributed by atoms with Crippen molar-refractivity contribution in [3.05, 3.63) is 59.4 Å². The summed E-state index contributed by atoms with van der Waals surface area (Å²) in [5.41, 5.74) is 0.297. The van der Waals surface area contributed by atoms with Crippen LogP contribution in [0, 0.1) is 0 Å². The minimum absolute atomic E-state index is 0.412. The summed E-state index contributed by atoms with van der Waals surface area (Å²) in [6, 6.07) is 10.8. The Morgan fingerprint density at radius 1 is 1.30 bits per heavy atom. The van der Waals surface area contributed by atoms with E-state index in [1.165, 1.54) is 7.11 Å². The summed E-state index contributed by atoms with van der Waals surface area (Å²) < 4.78 is 4.91. The highest BCUT2D eigenvalue weighted by Crippen LogP contribution is 2.30. The van der Waals surface area contributed by atoms with E-state index in [1.54, 1.807) is 37.5 Å². The van der Waals surface area contributed by atoms with Crippen LogP contribution < -0.4 is 5.32 Å². The number of hydrogen-bond acceptors (Lipinski definition) is 4. The number of methoxy groups -OCH3 is 1. The number of rotatable bonds is 4. The molecule has 0 bridgehead atoms. The number of pyridine rings is 1. The van der Waals surface area contributed by atoms with Crippen LogP contribution in [-0.2, 0) is 15.1 Å². The van der Waals surface area contributed by atoms with Crippen molar-refractivity contribution in [3.63, 3.8) is 0 Å². The molecule has 1 N–H and O–H groups in total. The van der Waals surface area contributed by atoms with Gasteiger partial charge in [-0.2, -0.15) is 0 Å². The van der Waals surface area contributed by atoms with Crippen LogP contribution in [0.1, 0.15) is 12.5 Å². The molecule has 4 nitrogen and oxygen atoms in total. The third-order valence-electron chi connectivity index (χ3n) is 3.09. The van der Waals surface area contributed by atoms with Gasteiger partial charge in [-0.25, -0.2) is 4.79 Å². The summed E-state index contributed by atoms with van der Waals surface area (Å²) in [7, 11) is 1.35. The van der Waals surface area contributed by atoms with Gasteiger partial charge in [0, 0.05) is 18.0 Å². The molecule has 0 fully saturated rings. The van der Waals surface area contributed by atoms with Crippen molar-refractivity contribution in [1.82, 2.24) is 4.98 Å². The molecule has 1 heterocycles. The summed E-state index contributed by atoms with van der Waals surface area (Å²) in [6.07, 6.45) is 3.28. The largest absolute Gasteiger partial charge is 0.467 e.